The third-order valence-corrected chi connectivity index (χ3v) is 2.22. The molecule has 0 saturated heterocycles. The van der Waals surface area contributed by atoms with Crippen LogP contribution in [0, 0.1) is 0 Å². The molecule has 0 aromatic rings. The zero-order valence-corrected chi connectivity index (χ0v) is 7.94. The molecule has 70 valence electrons. The van der Waals surface area contributed by atoms with Crippen LogP contribution in [0.4, 0.5) is 0 Å². The van der Waals surface area contributed by atoms with Crippen LogP contribution in [0.1, 0.15) is 25.7 Å². The molecule has 0 atom stereocenters. The van der Waals surface area contributed by atoms with Gasteiger partial charge in [-0.05, 0) is 25.7 Å². The van der Waals surface area contributed by atoms with Gasteiger partial charge in [-0.2, -0.15) is 0 Å². The lowest BCUT2D eigenvalue weighted by Gasteiger charge is -2.12. The molecule has 1 aliphatic carbocycles. The highest BCUT2D eigenvalue weighted by molar-refractivity contribution is 5.06. The van der Waals surface area contributed by atoms with Crippen molar-refractivity contribution in [3.8, 4) is 0 Å². The van der Waals surface area contributed by atoms with Gasteiger partial charge < -0.3 is 10.1 Å². The fraction of sp³-hybridized carbons (Fsp3) is 0.800. The van der Waals surface area contributed by atoms with E-state index in [1.165, 1.54) is 25.7 Å². The van der Waals surface area contributed by atoms with E-state index in [0.717, 1.165) is 19.7 Å². The number of allylic oxidation sites excluding steroid dienone is 1. The second kappa shape index (κ2) is 6.21. The summed E-state index contributed by atoms with van der Waals surface area (Å²) >= 11 is 0. The summed E-state index contributed by atoms with van der Waals surface area (Å²) in [5.41, 5.74) is 1.58. The van der Waals surface area contributed by atoms with Gasteiger partial charge in [0.25, 0.3) is 0 Å². The van der Waals surface area contributed by atoms with Crippen molar-refractivity contribution in [2.45, 2.75) is 25.7 Å². The summed E-state index contributed by atoms with van der Waals surface area (Å²) in [5, 5.41) is 3.36. The van der Waals surface area contributed by atoms with E-state index in [9.17, 15) is 0 Å². The molecule has 0 amide bonds. The van der Waals surface area contributed by atoms with Crippen LogP contribution in [-0.4, -0.2) is 26.8 Å². The van der Waals surface area contributed by atoms with Crippen molar-refractivity contribution in [3.05, 3.63) is 11.6 Å². The summed E-state index contributed by atoms with van der Waals surface area (Å²) < 4.78 is 4.95. The molecule has 0 aromatic heterocycles. The second-order valence-electron chi connectivity index (χ2n) is 3.28. The van der Waals surface area contributed by atoms with Crippen molar-refractivity contribution in [1.29, 1.82) is 0 Å². The maximum atomic E-state index is 4.95. The van der Waals surface area contributed by atoms with E-state index in [2.05, 4.69) is 11.4 Å². The van der Waals surface area contributed by atoms with Gasteiger partial charge in [-0.3, -0.25) is 0 Å². The Hall–Kier alpha value is -0.340. The minimum absolute atomic E-state index is 0.813. The van der Waals surface area contributed by atoms with Crippen LogP contribution in [0.15, 0.2) is 11.6 Å². The van der Waals surface area contributed by atoms with Gasteiger partial charge in [0, 0.05) is 20.2 Å². The minimum atomic E-state index is 0.813. The van der Waals surface area contributed by atoms with Gasteiger partial charge in [0.2, 0.25) is 0 Å². The van der Waals surface area contributed by atoms with Crippen LogP contribution in [0.2, 0.25) is 0 Å². The SMILES string of the molecule is COCCNCC1=CCCCC1. The molecule has 0 aromatic carbocycles. The van der Waals surface area contributed by atoms with Gasteiger partial charge >= 0.3 is 0 Å². The highest BCUT2D eigenvalue weighted by atomic mass is 16.5. The Morgan fingerprint density at radius 3 is 3.08 bits per heavy atom. The van der Waals surface area contributed by atoms with Crippen molar-refractivity contribution >= 4 is 0 Å². The molecule has 0 bridgehead atoms. The van der Waals surface area contributed by atoms with E-state index in [4.69, 9.17) is 4.74 Å². The average Bonchev–Trinajstić information content (AvgIpc) is 2.14. The van der Waals surface area contributed by atoms with Gasteiger partial charge in [-0.15, -0.1) is 0 Å². The van der Waals surface area contributed by atoms with E-state index >= 15 is 0 Å². The van der Waals surface area contributed by atoms with Crippen LogP contribution in [0.3, 0.4) is 0 Å². The molecule has 0 saturated carbocycles. The van der Waals surface area contributed by atoms with E-state index in [-0.39, 0.29) is 0 Å². The monoisotopic (exact) mass is 169 g/mol. The highest BCUT2D eigenvalue weighted by Crippen LogP contribution is 2.15. The van der Waals surface area contributed by atoms with Gasteiger partial charge in [-0.25, -0.2) is 0 Å². The van der Waals surface area contributed by atoms with Crippen molar-refractivity contribution < 1.29 is 4.74 Å². The van der Waals surface area contributed by atoms with Crippen LogP contribution >= 0.6 is 0 Å². The lowest BCUT2D eigenvalue weighted by Crippen LogP contribution is -2.22. The summed E-state index contributed by atoms with van der Waals surface area (Å²) in [5.74, 6) is 0. The molecule has 0 unspecified atom stereocenters. The number of ether oxygens (including phenoxy) is 1. The molecule has 12 heavy (non-hydrogen) atoms. The van der Waals surface area contributed by atoms with Crippen LogP contribution < -0.4 is 5.32 Å². The Labute approximate surface area is 75.0 Å². The number of hydrogen-bond donors (Lipinski definition) is 1. The first-order valence-electron chi connectivity index (χ1n) is 4.81. The summed E-state index contributed by atoms with van der Waals surface area (Å²) in [6.07, 6.45) is 7.70. The summed E-state index contributed by atoms with van der Waals surface area (Å²) in [7, 11) is 1.74. The summed E-state index contributed by atoms with van der Waals surface area (Å²) in [6, 6.07) is 0. The smallest absolute Gasteiger partial charge is 0.0587 e. The van der Waals surface area contributed by atoms with E-state index in [1.54, 1.807) is 12.7 Å². The van der Waals surface area contributed by atoms with Gasteiger partial charge in [0.05, 0.1) is 6.61 Å². The molecule has 1 aliphatic rings. The van der Waals surface area contributed by atoms with Crippen molar-refractivity contribution in [2.24, 2.45) is 0 Å². The normalized spacial score (nSPS) is 17.6. The fourth-order valence-electron chi connectivity index (χ4n) is 1.49. The molecule has 1 N–H and O–H groups in total. The molecule has 0 aliphatic heterocycles. The molecular weight excluding hydrogens is 150 g/mol. The predicted octanol–water partition coefficient (Wildman–Crippen LogP) is 1.72. The molecule has 1 rings (SSSR count). The van der Waals surface area contributed by atoms with Gasteiger partial charge in [0.1, 0.15) is 0 Å². The van der Waals surface area contributed by atoms with Crippen molar-refractivity contribution in [3.63, 3.8) is 0 Å². The molecule has 0 spiro atoms. The molecule has 2 nitrogen and oxygen atoms in total. The van der Waals surface area contributed by atoms with Gasteiger partial charge in [0.15, 0.2) is 0 Å². The third kappa shape index (κ3) is 3.88. The van der Waals surface area contributed by atoms with Crippen LogP contribution in [0.25, 0.3) is 0 Å². The number of nitrogens with one attached hydrogen (secondary N) is 1. The molecule has 0 radical (unpaired) electrons. The second-order valence-corrected chi connectivity index (χ2v) is 3.28. The first-order chi connectivity index (χ1) is 5.93. The first-order valence-corrected chi connectivity index (χ1v) is 4.81. The number of methoxy groups -OCH3 is 1. The van der Waals surface area contributed by atoms with E-state index in [0.29, 0.717) is 0 Å². The number of hydrogen-bond acceptors (Lipinski definition) is 2. The molecule has 0 heterocycles. The van der Waals surface area contributed by atoms with Crippen molar-refractivity contribution in [1.82, 2.24) is 5.32 Å². The largest absolute Gasteiger partial charge is 0.383 e. The Bertz CT molecular complexity index is 143. The zero-order valence-electron chi connectivity index (χ0n) is 7.94. The first kappa shape index (κ1) is 9.75. The lowest BCUT2D eigenvalue weighted by atomic mass is 10.00. The topological polar surface area (TPSA) is 21.3 Å². The zero-order chi connectivity index (χ0) is 8.65. The quantitative estimate of drug-likeness (QED) is 0.500. The van der Waals surface area contributed by atoms with Crippen molar-refractivity contribution in [2.75, 3.05) is 26.8 Å². The summed E-state index contributed by atoms with van der Waals surface area (Å²) in [6.45, 7) is 2.84. The van der Waals surface area contributed by atoms with Crippen LogP contribution in [-0.2, 0) is 4.74 Å². The average molecular weight is 169 g/mol. The van der Waals surface area contributed by atoms with Crippen LogP contribution in [0.5, 0.6) is 0 Å². The molecule has 0 fully saturated rings. The maximum absolute atomic E-state index is 4.95. The fourth-order valence-corrected chi connectivity index (χ4v) is 1.49. The Morgan fingerprint density at radius 1 is 1.50 bits per heavy atom. The van der Waals surface area contributed by atoms with E-state index in [1.807, 2.05) is 0 Å². The predicted molar refractivity (Wildman–Crippen MR) is 51.3 cm³/mol. The third-order valence-electron chi connectivity index (χ3n) is 2.22. The number of rotatable bonds is 5. The minimum Gasteiger partial charge on any atom is -0.383 e. The highest BCUT2D eigenvalue weighted by Gasteiger charge is 2.01. The molecular formula is C10H19NO. The standard InChI is InChI=1S/C10H19NO/c1-12-8-7-11-9-10-5-3-2-4-6-10/h5,11H,2-4,6-9H2,1H3. The Morgan fingerprint density at radius 2 is 2.42 bits per heavy atom. The Kier molecular flexibility index (Phi) is 5.04. The van der Waals surface area contributed by atoms with E-state index < -0.39 is 0 Å². The summed E-state index contributed by atoms with van der Waals surface area (Å²) in [4.78, 5) is 0. The molecule has 2 heteroatoms. The maximum Gasteiger partial charge on any atom is 0.0587 e. The lowest BCUT2D eigenvalue weighted by molar-refractivity contribution is 0.200. The Balaban J connectivity index is 2.01. The van der Waals surface area contributed by atoms with Gasteiger partial charge in [-0.1, -0.05) is 11.6 Å².